The third kappa shape index (κ3) is 4.21. The molecule has 1 heterocycles. The Kier molecular flexibility index (Phi) is 4.74. The van der Waals surface area contributed by atoms with E-state index in [0.717, 1.165) is 18.4 Å². The van der Waals surface area contributed by atoms with Crippen LogP contribution in [0.4, 0.5) is 9.18 Å². The summed E-state index contributed by atoms with van der Waals surface area (Å²) in [5.74, 6) is -0.281. The number of ether oxygens (including phenoxy) is 2. The van der Waals surface area contributed by atoms with Crippen molar-refractivity contribution in [1.82, 2.24) is 4.90 Å². The summed E-state index contributed by atoms with van der Waals surface area (Å²) < 4.78 is 23.4. The van der Waals surface area contributed by atoms with Gasteiger partial charge in [-0.2, -0.15) is 0 Å². The van der Waals surface area contributed by atoms with Crippen molar-refractivity contribution >= 4 is 6.09 Å². The number of rotatable bonds is 3. The SMILES string of the molecule is CN(Cc1ccc(F)cc1)C(=O)OC1CCOCC1. The van der Waals surface area contributed by atoms with Gasteiger partial charge in [-0.25, -0.2) is 9.18 Å². The minimum absolute atomic E-state index is 0.0584. The van der Waals surface area contributed by atoms with E-state index < -0.39 is 0 Å². The molecular weight excluding hydrogens is 249 g/mol. The standard InChI is InChI=1S/C14H18FNO3/c1-16(10-11-2-4-12(15)5-3-11)14(17)19-13-6-8-18-9-7-13/h2-5,13H,6-10H2,1H3. The monoisotopic (exact) mass is 267 g/mol. The topological polar surface area (TPSA) is 38.8 Å². The zero-order chi connectivity index (χ0) is 13.7. The van der Waals surface area contributed by atoms with Gasteiger partial charge in [-0.3, -0.25) is 0 Å². The van der Waals surface area contributed by atoms with Crippen LogP contribution in [-0.2, 0) is 16.0 Å². The second-order valence-electron chi connectivity index (χ2n) is 4.68. The molecule has 0 aliphatic carbocycles. The maximum Gasteiger partial charge on any atom is 0.410 e. The van der Waals surface area contributed by atoms with Crippen molar-refractivity contribution in [3.8, 4) is 0 Å². The van der Waals surface area contributed by atoms with Gasteiger partial charge in [-0.1, -0.05) is 12.1 Å². The van der Waals surface area contributed by atoms with E-state index in [1.807, 2.05) is 0 Å². The van der Waals surface area contributed by atoms with Crippen molar-refractivity contribution in [3.63, 3.8) is 0 Å². The van der Waals surface area contributed by atoms with Gasteiger partial charge in [0.1, 0.15) is 11.9 Å². The molecule has 0 saturated carbocycles. The van der Waals surface area contributed by atoms with Crippen LogP contribution in [0, 0.1) is 5.82 Å². The molecule has 0 N–H and O–H groups in total. The zero-order valence-electron chi connectivity index (χ0n) is 11.0. The number of carbonyl (C=O) groups is 1. The van der Waals surface area contributed by atoms with Crippen LogP contribution in [0.2, 0.25) is 0 Å². The Balaban J connectivity index is 1.83. The van der Waals surface area contributed by atoms with Crippen molar-refractivity contribution < 1.29 is 18.7 Å². The molecule has 4 nitrogen and oxygen atoms in total. The van der Waals surface area contributed by atoms with E-state index in [-0.39, 0.29) is 18.0 Å². The molecule has 0 radical (unpaired) electrons. The van der Waals surface area contributed by atoms with Gasteiger partial charge in [0.2, 0.25) is 0 Å². The van der Waals surface area contributed by atoms with Crippen LogP contribution >= 0.6 is 0 Å². The van der Waals surface area contributed by atoms with Crippen LogP contribution in [0.3, 0.4) is 0 Å². The summed E-state index contributed by atoms with van der Waals surface area (Å²) in [7, 11) is 1.67. The fourth-order valence-electron chi connectivity index (χ4n) is 1.95. The molecular formula is C14H18FNO3. The molecule has 0 aromatic heterocycles. The van der Waals surface area contributed by atoms with E-state index in [1.165, 1.54) is 17.0 Å². The quantitative estimate of drug-likeness (QED) is 0.845. The predicted molar refractivity (Wildman–Crippen MR) is 68.2 cm³/mol. The number of carbonyl (C=O) groups excluding carboxylic acids is 1. The summed E-state index contributed by atoms with van der Waals surface area (Å²) in [4.78, 5) is 13.4. The number of amides is 1. The van der Waals surface area contributed by atoms with E-state index >= 15 is 0 Å². The van der Waals surface area contributed by atoms with E-state index in [0.29, 0.717) is 19.8 Å². The molecule has 1 fully saturated rings. The third-order valence-electron chi connectivity index (χ3n) is 3.08. The lowest BCUT2D eigenvalue weighted by molar-refractivity contribution is -0.00868. The third-order valence-corrected chi connectivity index (χ3v) is 3.08. The molecule has 1 amide bonds. The highest BCUT2D eigenvalue weighted by atomic mass is 19.1. The zero-order valence-corrected chi connectivity index (χ0v) is 11.0. The molecule has 5 heteroatoms. The molecule has 1 aliphatic heterocycles. The van der Waals surface area contributed by atoms with Gasteiger partial charge in [0.15, 0.2) is 0 Å². The molecule has 19 heavy (non-hydrogen) atoms. The fourth-order valence-corrected chi connectivity index (χ4v) is 1.95. The Bertz CT molecular complexity index is 415. The van der Waals surface area contributed by atoms with Crippen LogP contribution in [-0.4, -0.2) is 37.4 Å². The van der Waals surface area contributed by atoms with Crippen molar-refractivity contribution in [2.45, 2.75) is 25.5 Å². The fraction of sp³-hybridized carbons (Fsp3) is 0.500. The Morgan fingerprint density at radius 1 is 1.37 bits per heavy atom. The molecule has 1 saturated heterocycles. The van der Waals surface area contributed by atoms with Crippen molar-refractivity contribution in [3.05, 3.63) is 35.6 Å². The maximum atomic E-state index is 12.8. The molecule has 1 aromatic rings. The first-order valence-corrected chi connectivity index (χ1v) is 6.39. The van der Waals surface area contributed by atoms with Gasteiger partial charge in [0.05, 0.1) is 13.2 Å². The molecule has 1 aliphatic rings. The largest absolute Gasteiger partial charge is 0.446 e. The highest BCUT2D eigenvalue weighted by Crippen LogP contribution is 2.13. The van der Waals surface area contributed by atoms with Crippen LogP contribution < -0.4 is 0 Å². The summed E-state index contributed by atoms with van der Waals surface area (Å²) in [6.45, 7) is 1.68. The number of halogens is 1. The second kappa shape index (κ2) is 6.52. The lowest BCUT2D eigenvalue weighted by Gasteiger charge is -2.25. The average Bonchev–Trinajstić information content (AvgIpc) is 2.42. The van der Waals surface area contributed by atoms with Crippen LogP contribution in [0.25, 0.3) is 0 Å². The molecule has 104 valence electrons. The minimum Gasteiger partial charge on any atom is -0.446 e. The van der Waals surface area contributed by atoms with Crippen LogP contribution in [0.1, 0.15) is 18.4 Å². The van der Waals surface area contributed by atoms with Crippen LogP contribution in [0.5, 0.6) is 0 Å². The maximum absolute atomic E-state index is 12.8. The number of benzene rings is 1. The highest BCUT2D eigenvalue weighted by molar-refractivity contribution is 5.67. The Morgan fingerprint density at radius 3 is 2.63 bits per heavy atom. The number of nitrogens with zero attached hydrogens (tertiary/aromatic N) is 1. The van der Waals surface area contributed by atoms with Crippen molar-refractivity contribution in [2.24, 2.45) is 0 Å². The number of hydrogen-bond acceptors (Lipinski definition) is 3. The minimum atomic E-state index is -0.351. The first-order chi connectivity index (χ1) is 9.15. The Morgan fingerprint density at radius 2 is 2.00 bits per heavy atom. The van der Waals surface area contributed by atoms with Gasteiger partial charge in [0.25, 0.3) is 0 Å². The lowest BCUT2D eigenvalue weighted by atomic mass is 10.2. The van der Waals surface area contributed by atoms with E-state index in [4.69, 9.17) is 9.47 Å². The highest BCUT2D eigenvalue weighted by Gasteiger charge is 2.20. The summed E-state index contributed by atoms with van der Waals surface area (Å²) >= 11 is 0. The average molecular weight is 267 g/mol. The summed E-state index contributed by atoms with van der Waals surface area (Å²) in [5.41, 5.74) is 0.868. The summed E-state index contributed by atoms with van der Waals surface area (Å²) in [5, 5.41) is 0. The normalized spacial score (nSPS) is 16.1. The number of hydrogen-bond donors (Lipinski definition) is 0. The van der Waals surface area contributed by atoms with Gasteiger partial charge < -0.3 is 14.4 Å². The lowest BCUT2D eigenvalue weighted by Crippen LogP contribution is -2.33. The smallest absolute Gasteiger partial charge is 0.410 e. The first-order valence-electron chi connectivity index (χ1n) is 6.39. The summed E-state index contributed by atoms with van der Waals surface area (Å²) in [6, 6.07) is 6.08. The van der Waals surface area contributed by atoms with Crippen molar-refractivity contribution in [2.75, 3.05) is 20.3 Å². The predicted octanol–water partition coefficient (Wildman–Crippen LogP) is 2.57. The van der Waals surface area contributed by atoms with Crippen LogP contribution in [0.15, 0.2) is 24.3 Å². The molecule has 2 rings (SSSR count). The summed E-state index contributed by atoms with van der Waals surface area (Å²) in [6.07, 6.45) is 1.08. The molecule has 0 bridgehead atoms. The molecule has 0 spiro atoms. The Hall–Kier alpha value is -1.62. The van der Waals surface area contributed by atoms with Gasteiger partial charge in [-0.15, -0.1) is 0 Å². The second-order valence-corrected chi connectivity index (χ2v) is 4.68. The molecule has 1 aromatic carbocycles. The van der Waals surface area contributed by atoms with E-state index in [2.05, 4.69) is 0 Å². The molecule has 0 atom stereocenters. The van der Waals surface area contributed by atoms with Crippen molar-refractivity contribution in [1.29, 1.82) is 0 Å². The molecule has 0 unspecified atom stereocenters. The van der Waals surface area contributed by atoms with E-state index in [1.54, 1.807) is 19.2 Å². The van der Waals surface area contributed by atoms with E-state index in [9.17, 15) is 9.18 Å². The van der Waals surface area contributed by atoms with Gasteiger partial charge in [-0.05, 0) is 17.7 Å². The first kappa shape index (κ1) is 13.8. The van der Waals surface area contributed by atoms with Gasteiger partial charge in [0, 0.05) is 26.4 Å². The van der Waals surface area contributed by atoms with Gasteiger partial charge >= 0.3 is 6.09 Å². The Labute approximate surface area is 112 Å².